The number of nitrogens with one attached hydrogen (secondary N) is 1. The number of aryl methyl sites for hydroxylation is 2. The van der Waals surface area contributed by atoms with Gasteiger partial charge >= 0.3 is 0 Å². The third-order valence-corrected chi connectivity index (χ3v) is 6.08. The van der Waals surface area contributed by atoms with Crippen LogP contribution in [0.25, 0.3) is 5.78 Å². The molecule has 0 spiro atoms. The molecule has 0 radical (unpaired) electrons. The molecular formula is C24H25N5OS. The van der Waals surface area contributed by atoms with Crippen LogP contribution < -0.4 is 5.32 Å². The zero-order valence-corrected chi connectivity index (χ0v) is 18.5. The summed E-state index contributed by atoms with van der Waals surface area (Å²) in [6.07, 6.45) is 0.834. The lowest BCUT2D eigenvalue weighted by Crippen LogP contribution is -2.27. The summed E-state index contributed by atoms with van der Waals surface area (Å²) < 4.78 is 1.88. The molecule has 4 rings (SSSR count). The maximum atomic E-state index is 12.5. The van der Waals surface area contributed by atoms with Crippen LogP contribution in [0.2, 0.25) is 0 Å². The molecule has 0 aliphatic heterocycles. The van der Waals surface area contributed by atoms with Crippen molar-refractivity contribution in [3.8, 4) is 0 Å². The third-order valence-electron chi connectivity index (χ3n) is 5.15. The SMILES string of the molecule is Cc1cc(C)n2c(SCC(=O)NCCC(c3ccccc3)c3ccccc3)nnc2n1. The van der Waals surface area contributed by atoms with Crippen LogP contribution in [0.4, 0.5) is 0 Å². The minimum Gasteiger partial charge on any atom is -0.355 e. The smallest absolute Gasteiger partial charge is 0.256 e. The Labute approximate surface area is 186 Å². The highest BCUT2D eigenvalue weighted by atomic mass is 32.2. The lowest BCUT2D eigenvalue weighted by Gasteiger charge is -2.18. The molecule has 0 aliphatic rings. The number of hydrogen-bond acceptors (Lipinski definition) is 5. The van der Waals surface area contributed by atoms with E-state index in [2.05, 4.69) is 69.0 Å². The van der Waals surface area contributed by atoms with Crippen molar-refractivity contribution in [1.82, 2.24) is 24.9 Å². The van der Waals surface area contributed by atoms with E-state index in [0.29, 0.717) is 17.5 Å². The zero-order chi connectivity index (χ0) is 21.6. The van der Waals surface area contributed by atoms with Gasteiger partial charge < -0.3 is 5.32 Å². The molecule has 0 fully saturated rings. The summed E-state index contributed by atoms with van der Waals surface area (Å²) in [4.78, 5) is 16.8. The molecule has 0 unspecified atom stereocenters. The van der Waals surface area contributed by atoms with Gasteiger partial charge in [0.1, 0.15) is 0 Å². The number of carbonyl (C=O) groups is 1. The molecule has 2 aromatic carbocycles. The summed E-state index contributed by atoms with van der Waals surface area (Å²) in [7, 11) is 0. The van der Waals surface area contributed by atoms with Crippen LogP contribution in [-0.2, 0) is 4.79 Å². The molecule has 7 heteroatoms. The molecule has 4 aromatic rings. The number of carbonyl (C=O) groups excluding carboxylic acids is 1. The van der Waals surface area contributed by atoms with E-state index in [1.54, 1.807) is 0 Å². The Balaban J connectivity index is 1.35. The van der Waals surface area contributed by atoms with Gasteiger partial charge in [-0.3, -0.25) is 9.20 Å². The predicted octanol–water partition coefficient (Wildman–Crippen LogP) is 4.17. The van der Waals surface area contributed by atoms with Gasteiger partial charge in [0.05, 0.1) is 5.75 Å². The molecule has 0 atom stereocenters. The molecule has 2 aromatic heterocycles. The van der Waals surface area contributed by atoms with E-state index >= 15 is 0 Å². The van der Waals surface area contributed by atoms with E-state index in [0.717, 1.165) is 17.8 Å². The Morgan fingerprint density at radius 1 is 1.00 bits per heavy atom. The van der Waals surface area contributed by atoms with Crippen LogP contribution in [-0.4, -0.2) is 37.8 Å². The van der Waals surface area contributed by atoms with Gasteiger partial charge in [0.15, 0.2) is 5.16 Å². The topological polar surface area (TPSA) is 72.2 Å². The van der Waals surface area contributed by atoms with Gasteiger partial charge in [-0.25, -0.2) is 4.98 Å². The average Bonchev–Trinajstić information content (AvgIpc) is 3.19. The molecule has 31 heavy (non-hydrogen) atoms. The second-order valence-electron chi connectivity index (χ2n) is 7.46. The Hall–Kier alpha value is -3.19. The van der Waals surface area contributed by atoms with Gasteiger partial charge in [0, 0.05) is 23.9 Å². The van der Waals surface area contributed by atoms with Crippen molar-refractivity contribution < 1.29 is 4.79 Å². The van der Waals surface area contributed by atoms with Crippen molar-refractivity contribution in [2.75, 3.05) is 12.3 Å². The second-order valence-corrected chi connectivity index (χ2v) is 8.40. The Kier molecular flexibility index (Phi) is 6.62. The zero-order valence-electron chi connectivity index (χ0n) is 17.7. The van der Waals surface area contributed by atoms with Crippen molar-refractivity contribution >= 4 is 23.4 Å². The monoisotopic (exact) mass is 431 g/mol. The lowest BCUT2D eigenvalue weighted by molar-refractivity contribution is -0.118. The van der Waals surface area contributed by atoms with Gasteiger partial charge in [0.25, 0.3) is 5.78 Å². The fourth-order valence-electron chi connectivity index (χ4n) is 3.73. The van der Waals surface area contributed by atoms with Gasteiger partial charge in [-0.2, -0.15) is 0 Å². The molecule has 0 bridgehead atoms. The van der Waals surface area contributed by atoms with E-state index in [-0.39, 0.29) is 17.6 Å². The first kappa shape index (κ1) is 21.1. The number of amides is 1. The summed E-state index contributed by atoms with van der Waals surface area (Å²) >= 11 is 1.37. The highest BCUT2D eigenvalue weighted by molar-refractivity contribution is 7.99. The predicted molar refractivity (Wildman–Crippen MR) is 123 cm³/mol. The number of aromatic nitrogens is 4. The molecule has 158 valence electrons. The number of nitrogens with zero attached hydrogens (tertiary/aromatic N) is 4. The summed E-state index contributed by atoms with van der Waals surface area (Å²) in [6, 6.07) is 22.8. The minimum absolute atomic E-state index is 0.0145. The molecule has 1 N–H and O–H groups in total. The second kappa shape index (κ2) is 9.75. The summed E-state index contributed by atoms with van der Waals surface area (Å²) in [6.45, 7) is 4.52. The fraction of sp³-hybridized carbons (Fsp3) is 0.250. The Morgan fingerprint density at radius 2 is 1.65 bits per heavy atom. The van der Waals surface area contributed by atoms with Gasteiger partial charge in [-0.15, -0.1) is 10.2 Å². The quantitative estimate of drug-likeness (QED) is 0.424. The Bertz CT molecular complexity index is 1120. The average molecular weight is 432 g/mol. The van der Waals surface area contributed by atoms with Crippen LogP contribution in [0.3, 0.4) is 0 Å². The van der Waals surface area contributed by atoms with Crippen LogP contribution in [0.1, 0.15) is 34.9 Å². The van der Waals surface area contributed by atoms with Crippen molar-refractivity contribution in [2.45, 2.75) is 31.3 Å². The maximum absolute atomic E-state index is 12.5. The van der Waals surface area contributed by atoms with E-state index in [1.807, 2.05) is 36.4 Å². The first-order chi connectivity index (χ1) is 15.1. The van der Waals surface area contributed by atoms with Crippen molar-refractivity contribution in [3.63, 3.8) is 0 Å². The first-order valence-electron chi connectivity index (χ1n) is 10.3. The van der Waals surface area contributed by atoms with Crippen molar-refractivity contribution in [1.29, 1.82) is 0 Å². The number of hydrogen-bond donors (Lipinski definition) is 1. The van der Waals surface area contributed by atoms with E-state index in [1.165, 1.54) is 22.9 Å². The van der Waals surface area contributed by atoms with Crippen LogP contribution in [0, 0.1) is 13.8 Å². The van der Waals surface area contributed by atoms with Crippen LogP contribution >= 0.6 is 11.8 Å². The van der Waals surface area contributed by atoms with E-state index in [4.69, 9.17) is 0 Å². The number of benzene rings is 2. The van der Waals surface area contributed by atoms with Crippen LogP contribution in [0.15, 0.2) is 71.9 Å². The molecule has 2 heterocycles. The van der Waals surface area contributed by atoms with Crippen LogP contribution in [0.5, 0.6) is 0 Å². The number of rotatable bonds is 8. The Morgan fingerprint density at radius 3 is 2.29 bits per heavy atom. The normalized spacial score (nSPS) is 11.2. The minimum atomic E-state index is -0.0145. The molecule has 1 amide bonds. The molecule has 6 nitrogen and oxygen atoms in total. The summed E-state index contributed by atoms with van der Waals surface area (Å²) in [5.41, 5.74) is 4.41. The van der Waals surface area contributed by atoms with Gasteiger partial charge in [0.2, 0.25) is 5.91 Å². The van der Waals surface area contributed by atoms with Gasteiger partial charge in [-0.05, 0) is 37.5 Å². The highest BCUT2D eigenvalue weighted by Gasteiger charge is 2.15. The lowest BCUT2D eigenvalue weighted by atomic mass is 9.88. The first-order valence-corrected chi connectivity index (χ1v) is 11.3. The maximum Gasteiger partial charge on any atom is 0.256 e. The largest absolute Gasteiger partial charge is 0.355 e. The molecule has 0 saturated carbocycles. The van der Waals surface area contributed by atoms with Crippen molar-refractivity contribution in [3.05, 3.63) is 89.2 Å². The summed E-state index contributed by atoms with van der Waals surface area (Å²) in [5, 5.41) is 12.0. The number of fused-ring (bicyclic) bond motifs is 1. The standard InChI is InChI=1S/C24H25N5OS/c1-17-15-18(2)29-23(26-17)27-28-24(29)31-16-22(30)25-14-13-21(19-9-5-3-6-10-19)20-11-7-4-8-12-20/h3-12,15,21H,13-14,16H2,1-2H3,(H,25,30). The molecule has 0 aliphatic carbocycles. The van der Waals surface area contributed by atoms with E-state index in [9.17, 15) is 4.79 Å². The molecular weight excluding hydrogens is 406 g/mol. The van der Waals surface area contributed by atoms with E-state index < -0.39 is 0 Å². The third kappa shape index (κ3) is 5.11. The van der Waals surface area contributed by atoms with Gasteiger partial charge in [-0.1, -0.05) is 72.4 Å². The van der Waals surface area contributed by atoms with Crippen molar-refractivity contribution in [2.24, 2.45) is 0 Å². The summed E-state index contributed by atoms with van der Waals surface area (Å²) in [5.74, 6) is 1.08. The number of thioether (sulfide) groups is 1. The fourth-order valence-corrected chi connectivity index (χ4v) is 4.54. The molecule has 0 saturated heterocycles. The highest BCUT2D eigenvalue weighted by Crippen LogP contribution is 2.27.